The third-order valence-corrected chi connectivity index (χ3v) is 5.27. The zero-order valence-corrected chi connectivity index (χ0v) is 18.0. The first-order valence-corrected chi connectivity index (χ1v) is 10.5. The van der Waals surface area contributed by atoms with Gasteiger partial charge in [-0.15, -0.1) is 0 Å². The lowest BCUT2D eigenvalue weighted by atomic mass is 10.1. The van der Waals surface area contributed by atoms with Gasteiger partial charge in [-0.1, -0.05) is 54.6 Å². The summed E-state index contributed by atoms with van der Waals surface area (Å²) in [5.41, 5.74) is 4.56. The van der Waals surface area contributed by atoms with Crippen LogP contribution in [0.25, 0.3) is 22.3 Å². The number of nitrogens with one attached hydrogen (secondary N) is 1. The highest BCUT2D eigenvalue weighted by Crippen LogP contribution is 2.25. The molecule has 0 unspecified atom stereocenters. The molecule has 7 heteroatoms. The summed E-state index contributed by atoms with van der Waals surface area (Å²) in [6.45, 7) is 4.57. The number of benzene rings is 2. The molecule has 0 spiro atoms. The minimum absolute atomic E-state index is 0.334. The molecule has 162 valence electrons. The second-order valence-electron chi connectivity index (χ2n) is 7.40. The number of aromatic nitrogens is 3. The molecule has 4 aromatic rings. The predicted molar refractivity (Wildman–Crippen MR) is 122 cm³/mol. The minimum atomic E-state index is -0.587. The van der Waals surface area contributed by atoms with Crippen molar-refractivity contribution in [2.24, 2.45) is 0 Å². The largest absolute Gasteiger partial charge is 0.452 e. The van der Waals surface area contributed by atoms with E-state index >= 15 is 0 Å². The van der Waals surface area contributed by atoms with Gasteiger partial charge in [0.05, 0.1) is 22.8 Å². The Morgan fingerprint density at radius 2 is 1.81 bits per heavy atom. The van der Waals surface area contributed by atoms with Crippen LogP contribution in [0.1, 0.15) is 28.4 Å². The lowest BCUT2D eigenvalue weighted by molar-refractivity contribution is -0.124. The Hall–Kier alpha value is -4.00. The first-order chi connectivity index (χ1) is 15.6. The van der Waals surface area contributed by atoms with Crippen LogP contribution in [0.15, 0.2) is 66.9 Å². The second kappa shape index (κ2) is 9.43. The Morgan fingerprint density at radius 3 is 2.56 bits per heavy atom. The van der Waals surface area contributed by atoms with Crippen molar-refractivity contribution in [1.82, 2.24) is 20.1 Å². The molecule has 0 fully saturated rings. The van der Waals surface area contributed by atoms with E-state index in [4.69, 9.17) is 9.72 Å². The summed E-state index contributed by atoms with van der Waals surface area (Å²) in [7, 11) is 0. The smallest absolute Gasteiger partial charge is 0.339 e. The molecule has 32 heavy (non-hydrogen) atoms. The average Bonchev–Trinajstić information content (AvgIpc) is 3.25. The van der Waals surface area contributed by atoms with E-state index in [2.05, 4.69) is 10.4 Å². The van der Waals surface area contributed by atoms with E-state index in [-0.39, 0.29) is 12.5 Å². The Morgan fingerprint density at radius 1 is 1.06 bits per heavy atom. The molecule has 0 atom stereocenters. The number of aryl methyl sites for hydroxylation is 2. The average molecular weight is 428 g/mol. The second-order valence-corrected chi connectivity index (χ2v) is 7.40. The van der Waals surface area contributed by atoms with Gasteiger partial charge in [-0.3, -0.25) is 4.79 Å². The molecule has 0 saturated carbocycles. The highest BCUT2D eigenvalue weighted by molar-refractivity contribution is 6.04. The van der Waals surface area contributed by atoms with Crippen molar-refractivity contribution in [2.75, 3.05) is 6.61 Å². The van der Waals surface area contributed by atoms with Gasteiger partial charge >= 0.3 is 5.97 Å². The molecule has 2 aromatic carbocycles. The number of carbonyl (C=O) groups is 2. The lowest BCUT2D eigenvalue weighted by Gasteiger charge is -2.10. The quantitative estimate of drug-likeness (QED) is 0.451. The summed E-state index contributed by atoms with van der Waals surface area (Å²) in [4.78, 5) is 29.9. The van der Waals surface area contributed by atoms with E-state index in [1.807, 2.05) is 68.4 Å². The van der Waals surface area contributed by atoms with E-state index in [1.165, 1.54) is 0 Å². The van der Waals surface area contributed by atoms with E-state index in [1.54, 1.807) is 16.9 Å². The summed E-state index contributed by atoms with van der Waals surface area (Å²) in [6.07, 6.45) is 1.61. The van der Waals surface area contributed by atoms with Crippen molar-refractivity contribution in [3.8, 4) is 11.3 Å². The molecule has 2 aromatic heterocycles. The van der Waals surface area contributed by atoms with Crippen molar-refractivity contribution >= 4 is 22.9 Å². The maximum Gasteiger partial charge on any atom is 0.339 e. The Kier molecular flexibility index (Phi) is 6.26. The first kappa shape index (κ1) is 21.2. The highest BCUT2D eigenvalue weighted by atomic mass is 16.5. The third kappa shape index (κ3) is 4.51. The maximum atomic E-state index is 12.9. The molecule has 0 bridgehead atoms. The van der Waals surface area contributed by atoms with Gasteiger partial charge in [0.1, 0.15) is 0 Å². The molecule has 0 aliphatic rings. The number of hydrogen-bond donors (Lipinski definition) is 1. The molecule has 1 amide bonds. The summed E-state index contributed by atoms with van der Waals surface area (Å²) in [5, 5.41) is 7.71. The fraction of sp³-hybridized carbons (Fsp3) is 0.200. The molecule has 0 radical (unpaired) electrons. The molecular formula is C25H24N4O3. The SMILES string of the molecule is CCn1ncc2c(C(=O)OCC(=O)NCc3ccccc3C)cc(-c3ccccc3)nc21. The van der Waals surface area contributed by atoms with Crippen LogP contribution in [0.3, 0.4) is 0 Å². The predicted octanol–water partition coefficient (Wildman–Crippen LogP) is 3.90. The summed E-state index contributed by atoms with van der Waals surface area (Å²) >= 11 is 0. The molecular weight excluding hydrogens is 404 g/mol. The Bertz CT molecular complexity index is 1260. The summed E-state index contributed by atoms with van der Waals surface area (Å²) < 4.78 is 7.06. The summed E-state index contributed by atoms with van der Waals surface area (Å²) in [6, 6.07) is 19.1. The zero-order valence-electron chi connectivity index (χ0n) is 18.0. The van der Waals surface area contributed by atoms with Crippen LogP contribution in [0.4, 0.5) is 0 Å². The Labute approximate surface area is 186 Å². The molecule has 1 N–H and O–H groups in total. The van der Waals surface area contributed by atoms with Gasteiger partial charge in [0.25, 0.3) is 5.91 Å². The number of hydrogen-bond acceptors (Lipinski definition) is 5. The topological polar surface area (TPSA) is 86.1 Å². The minimum Gasteiger partial charge on any atom is -0.452 e. The van der Waals surface area contributed by atoms with Crippen LogP contribution in [0.5, 0.6) is 0 Å². The van der Waals surface area contributed by atoms with Crippen molar-refractivity contribution < 1.29 is 14.3 Å². The van der Waals surface area contributed by atoms with Gasteiger partial charge in [0.15, 0.2) is 12.3 Å². The van der Waals surface area contributed by atoms with Crippen LogP contribution in [-0.4, -0.2) is 33.2 Å². The molecule has 4 rings (SSSR count). The van der Waals surface area contributed by atoms with Gasteiger partial charge in [-0.2, -0.15) is 5.10 Å². The van der Waals surface area contributed by atoms with Crippen LogP contribution < -0.4 is 5.32 Å². The van der Waals surface area contributed by atoms with Gasteiger partial charge in [-0.05, 0) is 31.0 Å². The number of nitrogens with zero attached hydrogens (tertiary/aromatic N) is 3. The first-order valence-electron chi connectivity index (χ1n) is 10.5. The van der Waals surface area contributed by atoms with Crippen LogP contribution in [-0.2, 0) is 22.6 Å². The van der Waals surface area contributed by atoms with Gasteiger partial charge in [0.2, 0.25) is 0 Å². The number of ether oxygens (including phenoxy) is 1. The van der Waals surface area contributed by atoms with Crippen LogP contribution in [0, 0.1) is 6.92 Å². The molecule has 7 nitrogen and oxygen atoms in total. The maximum absolute atomic E-state index is 12.9. The van der Waals surface area contributed by atoms with Crippen molar-refractivity contribution in [3.05, 3.63) is 83.6 Å². The molecule has 0 aliphatic heterocycles. The standard InChI is InChI=1S/C25H24N4O3/c1-3-29-24-21(15-27-29)20(13-22(28-24)18-10-5-4-6-11-18)25(31)32-16-23(30)26-14-19-12-8-7-9-17(19)2/h4-13,15H,3,14,16H2,1-2H3,(H,26,30). The van der Waals surface area contributed by atoms with Crippen LogP contribution in [0.2, 0.25) is 0 Å². The molecule has 0 aliphatic carbocycles. The fourth-order valence-electron chi connectivity index (χ4n) is 3.47. The van der Waals surface area contributed by atoms with Crippen molar-refractivity contribution in [2.45, 2.75) is 26.9 Å². The number of rotatable bonds is 7. The van der Waals surface area contributed by atoms with Crippen molar-refractivity contribution in [3.63, 3.8) is 0 Å². The normalized spacial score (nSPS) is 10.8. The zero-order chi connectivity index (χ0) is 22.5. The number of carbonyl (C=O) groups excluding carboxylic acids is 2. The van der Waals surface area contributed by atoms with E-state index in [0.29, 0.717) is 35.4 Å². The number of amides is 1. The van der Waals surface area contributed by atoms with E-state index < -0.39 is 5.97 Å². The van der Waals surface area contributed by atoms with E-state index in [0.717, 1.165) is 16.7 Å². The van der Waals surface area contributed by atoms with Gasteiger partial charge in [-0.25, -0.2) is 14.5 Å². The van der Waals surface area contributed by atoms with Crippen LogP contribution >= 0.6 is 0 Å². The van der Waals surface area contributed by atoms with E-state index in [9.17, 15) is 9.59 Å². The molecule has 0 saturated heterocycles. The Balaban J connectivity index is 1.52. The van der Waals surface area contributed by atoms with Gasteiger partial charge in [0, 0.05) is 18.7 Å². The number of pyridine rings is 1. The highest BCUT2D eigenvalue weighted by Gasteiger charge is 2.19. The monoisotopic (exact) mass is 428 g/mol. The summed E-state index contributed by atoms with van der Waals surface area (Å²) in [5.74, 6) is -0.948. The van der Waals surface area contributed by atoms with Gasteiger partial charge < -0.3 is 10.1 Å². The fourth-order valence-corrected chi connectivity index (χ4v) is 3.47. The number of fused-ring (bicyclic) bond motifs is 1. The third-order valence-electron chi connectivity index (χ3n) is 5.27. The molecule has 2 heterocycles. The lowest BCUT2D eigenvalue weighted by Crippen LogP contribution is -2.28. The van der Waals surface area contributed by atoms with Crippen molar-refractivity contribution in [1.29, 1.82) is 0 Å². The number of esters is 1.